The minimum Gasteiger partial charge on any atom is -0.486 e. The molecule has 0 aliphatic carbocycles. The van der Waals surface area contributed by atoms with Gasteiger partial charge in [-0.25, -0.2) is 8.42 Å². The lowest BCUT2D eigenvalue weighted by Crippen LogP contribution is -2.16. The zero-order valence-electron chi connectivity index (χ0n) is 10.4. The molecule has 1 aliphatic rings. The number of aliphatic hydroxyl groups is 1. The lowest BCUT2D eigenvalue weighted by Gasteiger charge is -2.21. The van der Waals surface area contributed by atoms with Crippen molar-refractivity contribution < 1.29 is 23.0 Å². The predicted octanol–water partition coefficient (Wildman–Crippen LogP) is 1.69. The Kier molecular flexibility index (Phi) is 4.37. The molecule has 1 N–H and O–H groups in total. The maximum Gasteiger partial charge on any atom is 0.175 e. The van der Waals surface area contributed by atoms with Crippen molar-refractivity contribution in [3.05, 3.63) is 22.2 Å². The summed E-state index contributed by atoms with van der Waals surface area (Å²) in [6, 6.07) is 3.41. The maximum absolute atomic E-state index is 11.1. The summed E-state index contributed by atoms with van der Waals surface area (Å²) in [4.78, 5) is 0. The van der Waals surface area contributed by atoms with Gasteiger partial charge in [-0.05, 0) is 40.0 Å². The number of rotatable bonds is 4. The summed E-state index contributed by atoms with van der Waals surface area (Å²) in [5.41, 5.74) is 0.611. The van der Waals surface area contributed by atoms with E-state index in [1.807, 2.05) is 0 Å². The van der Waals surface area contributed by atoms with Gasteiger partial charge in [-0.1, -0.05) is 0 Å². The molecule has 1 aliphatic heterocycles. The summed E-state index contributed by atoms with van der Waals surface area (Å²) in [6.45, 7) is 0.948. The number of fused-ring (bicyclic) bond motifs is 1. The van der Waals surface area contributed by atoms with Crippen LogP contribution in [0.3, 0.4) is 0 Å². The predicted molar refractivity (Wildman–Crippen MR) is 74.4 cm³/mol. The molecule has 0 spiro atoms. The van der Waals surface area contributed by atoms with Gasteiger partial charge in [0.25, 0.3) is 0 Å². The van der Waals surface area contributed by atoms with Crippen LogP contribution in [0, 0.1) is 0 Å². The fourth-order valence-corrected chi connectivity index (χ4v) is 3.04. The highest BCUT2D eigenvalue weighted by atomic mass is 79.9. The first kappa shape index (κ1) is 14.6. The van der Waals surface area contributed by atoms with Gasteiger partial charge < -0.3 is 14.6 Å². The van der Waals surface area contributed by atoms with Gasteiger partial charge in [0.15, 0.2) is 11.5 Å². The fourth-order valence-electron chi connectivity index (χ4n) is 1.82. The molecule has 5 nitrogen and oxygen atoms in total. The number of halogens is 1. The molecule has 0 bridgehead atoms. The Bertz CT molecular complexity index is 570. The molecule has 7 heteroatoms. The fraction of sp³-hybridized carbons (Fsp3) is 0.500. The highest BCUT2D eigenvalue weighted by Crippen LogP contribution is 2.40. The van der Waals surface area contributed by atoms with Crippen molar-refractivity contribution in [2.45, 2.75) is 12.5 Å². The molecular formula is C12H15BrO5S. The van der Waals surface area contributed by atoms with Crippen LogP contribution in [0.4, 0.5) is 0 Å². The van der Waals surface area contributed by atoms with E-state index >= 15 is 0 Å². The monoisotopic (exact) mass is 350 g/mol. The largest absolute Gasteiger partial charge is 0.486 e. The molecular weight excluding hydrogens is 336 g/mol. The highest BCUT2D eigenvalue weighted by molar-refractivity contribution is 9.10. The maximum atomic E-state index is 11.1. The van der Waals surface area contributed by atoms with E-state index in [0.29, 0.717) is 34.7 Å². The lowest BCUT2D eigenvalue weighted by atomic mass is 10.1. The average molecular weight is 351 g/mol. The van der Waals surface area contributed by atoms with Gasteiger partial charge in [-0.2, -0.15) is 0 Å². The summed E-state index contributed by atoms with van der Waals surface area (Å²) in [6.07, 6.45) is 0.464. The van der Waals surface area contributed by atoms with Crippen LogP contribution in [0.5, 0.6) is 11.5 Å². The molecule has 0 fully saturated rings. The summed E-state index contributed by atoms with van der Waals surface area (Å²) < 4.78 is 33.8. The van der Waals surface area contributed by atoms with Crippen molar-refractivity contribution in [2.75, 3.05) is 25.2 Å². The average Bonchev–Trinajstić information content (AvgIpc) is 2.35. The Hall–Kier alpha value is -0.790. The first-order valence-electron chi connectivity index (χ1n) is 5.81. The SMILES string of the molecule is CS(=O)(=O)CCC(O)c1cc(Br)c2c(c1)OCCO2. The second-order valence-electron chi connectivity index (χ2n) is 4.46. The van der Waals surface area contributed by atoms with E-state index in [-0.39, 0.29) is 12.2 Å². The smallest absolute Gasteiger partial charge is 0.175 e. The molecule has 0 amide bonds. The second-order valence-corrected chi connectivity index (χ2v) is 7.58. The van der Waals surface area contributed by atoms with Crippen molar-refractivity contribution >= 4 is 25.8 Å². The van der Waals surface area contributed by atoms with E-state index in [0.717, 1.165) is 6.26 Å². The Labute approximate surface area is 120 Å². The Morgan fingerprint density at radius 1 is 1.37 bits per heavy atom. The van der Waals surface area contributed by atoms with Crippen LogP contribution in [0.1, 0.15) is 18.1 Å². The summed E-state index contributed by atoms with van der Waals surface area (Å²) in [5.74, 6) is 1.12. The van der Waals surface area contributed by atoms with E-state index in [1.54, 1.807) is 12.1 Å². The molecule has 19 heavy (non-hydrogen) atoms. The number of hydrogen-bond acceptors (Lipinski definition) is 5. The van der Waals surface area contributed by atoms with Gasteiger partial charge in [-0.3, -0.25) is 0 Å². The van der Waals surface area contributed by atoms with Crippen molar-refractivity contribution in [3.8, 4) is 11.5 Å². The number of benzene rings is 1. The van der Waals surface area contributed by atoms with Crippen molar-refractivity contribution in [3.63, 3.8) is 0 Å². The van der Waals surface area contributed by atoms with E-state index in [9.17, 15) is 13.5 Å². The van der Waals surface area contributed by atoms with Gasteiger partial charge in [-0.15, -0.1) is 0 Å². The third-order valence-corrected chi connectivity index (χ3v) is 4.33. The summed E-state index contributed by atoms with van der Waals surface area (Å²) in [5, 5.41) is 10.0. The first-order valence-corrected chi connectivity index (χ1v) is 8.67. The second kappa shape index (κ2) is 5.68. The minimum atomic E-state index is -3.08. The normalized spacial score (nSPS) is 16.2. The van der Waals surface area contributed by atoms with Crippen LogP contribution in [-0.4, -0.2) is 38.7 Å². The van der Waals surface area contributed by atoms with Crippen LogP contribution in [-0.2, 0) is 9.84 Å². The van der Waals surface area contributed by atoms with E-state index < -0.39 is 15.9 Å². The number of sulfone groups is 1. The lowest BCUT2D eigenvalue weighted by molar-refractivity contribution is 0.162. The van der Waals surface area contributed by atoms with Crippen LogP contribution >= 0.6 is 15.9 Å². The van der Waals surface area contributed by atoms with Gasteiger partial charge in [0.2, 0.25) is 0 Å². The third kappa shape index (κ3) is 3.84. The van der Waals surface area contributed by atoms with Gasteiger partial charge in [0.05, 0.1) is 16.3 Å². The molecule has 0 saturated heterocycles. The summed E-state index contributed by atoms with van der Waals surface area (Å²) >= 11 is 3.36. The molecule has 2 rings (SSSR count). The van der Waals surface area contributed by atoms with Crippen molar-refractivity contribution in [1.82, 2.24) is 0 Å². The van der Waals surface area contributed by atoms with E-state index in [1.165, 1.54) is 0 Å². The zero-order chi connectivity index (χ0) is 14.0. The first-order chi connectivity index (χ1) is 8.87. The molecule has 1 aromatic carbocycles. The molecule has 1 atom stereocenters. The Balaban J connectivity index is 2.18. The molecule has 1 heterocycles. The van der Waals surface area contributed by atoms with Crippen LogP contribution in [0.15, 0.2) is 16.6 Å². The van der Waals surface area contributed by atoms with Crippen molar-refractivity contribution in [2.24, 2.45) is 0 Å². The topological polar surface area (TPSA) is 72.8 Å². The van der Waals surface area contributed by atoms with Crippen LogP contribution in [0.25, 0.3) is 0 Å². The van der Waals surface area contributed by atoms with Gasteiger partial charge in [0, 0.05) is 6.26 Å². The molecule has 0 saturated carbocycles. The number of ether oxygens (including phenoxy) is 2. The van der Waals surface area contributed by atoms with Crippen molar-refractivity contribution in [1.29, 1.82) is 0 Å². The third-order valence-electron chi connectivity index (χ3n) is 2.77. The molecule has 1 unspecified atom stereocenters. The van der Waals surface area contributed by atoms with Crippen LogP contribution in [0.2, 0.25) is 0 Å². The zero-order valence-corrected chi connectivity index (χ0v) is 12.8. The molecule has 0 radical (unpaired) electrons. The Morgan fingerprint density at radius 3 is 2.74 bits per heavy atom. The molecule has 1 aromatic rings. The van der Waals surface area contributed by atoms with E-state index in [4.69, 9.17) is 9.47 Å². The van der Waals surface area contributed by atoms with E-state index in [2.05, 4.69) is 15.9 Å². The number of aliphatic hydroxyl groups excluding tert-OH is 1. The standard InChI is InChI=1S/C12H15BrO5S/c1-19(15,16)5-2-10(14)8-6-9(13)12-11(7-8)17-3-4-18-12/h6-7,10,14H,2-5H2,1H3. The molecule has 0 aromatic heterocycles. The van der Waals surface area contributed by atoms with Gasteiger partial charge in [0.1, 0.15) is 23.1 Å². The molecule has 106 valence electrons. The van der Waals surface area contributed by atoms with Gasteiger partial charge >= 0.3 is 0 Å². The number of hydrogen-bond donors (Lipinski definition) is 1. The quantitative estimate of drug-likeness (QED) is 0.894. The minimum absolute atomic E-state index is 0.0553. The Morgan fingerprint density at radius 2 is 2.05 bits per heavy atom. The van der Waals surface area contributed by atoms with Crippen LogP contribution < -0.4 is 9.47 Å². The summed E-state index contributed by atoms with van der Waals surface area (Å²) in [7, 11) is -3.08. The highest BCUT2D eigenvalue weighted by Gasteiger charge is 2.20.